The first-order chi connectivity index (χ1) is 45.4. The van der Waals surface area contributed by atoms with Crippen molar-refractivity contribution in [1.29, 1.82) is 0 Å². The number of aliphatic hydroxyl groups excluding tert-OH is 1. The second-order valence-electron chi connectivity index (χ2n) is 26.7. The van der Waals surface area contributed by atoms with Gasteiger partial charge in [-0.2, -0.15) is 8.42 Å². The molecule has 3 saturated heterocycles. The zero-order chi connectivity index (χ0) is 70.8. The number of aromatic nitrogens is 6. The molecular formula is C63H84N6O23P2SSi2. The Morgan fingerprint density at radius 1 is 0.660 bits per heavy atom. The van der Waals surface area contributed by atoms with Crippen LogP contribution < -0.4 is 44.1 Å². The molecule has 0 spiro atoms. The molecule has 3 aromatic carbocycles. The van der Waals surface area contributed by atoms with Gasteiger partial charge in [-0.25, -0.2) is 23.5 Å². The number of aryl methyl sites for hydroxylation is 3. The van der Waals surface area contributed by atoms with Gasteiger partial charge in [0.25, 0.3) is 35.1 Å². The average molecular weight is 1440 g/mol. The third-order valence-electron chi connectivity index (χ3n) is 17.7. The van der Waals surface area contributed by atoms with E-state index in [1.807, 2.05) is 115 Å². The number of phosphoric acid groups is 2. The van der Waals surface area contributed by atoms with Crippen LogP contribution >= 0.6 is 15.6 Å². The topological polar surface area (TPSA) is 386 Å². The van der Waals surface area contributed by atoms with Gasteiger partial charge in [0.15, 0.2) is 14.5 Å². The zero-order valence-corrected chi connectivity index (χ0v) is 60.1. The molecule has 3 aliphatic heterocycles. The number of hydrogen-bond donors (Lipinski definition) is 6. The molecule has 6 heterocycles. The Morgan fingerprint density at radius 3 is 1.76 bits per heavy atom. The number of hydrogen-bond acceptors (Lipinski definition) is 21. The molecule has 9 rings (SSSR count). The predicted molar refractivity (Wildman–Crippen MR) is 359 cm³/mol. The number of H-pyrrole nitrogens is 3. The van der Waals surface area contributed by atoms with Crippen LogP contribution in [0, 0.1) is 20.8 Å². The fraction of sp³-hybridized carbons (Fsp3) is 0.492. The number of benzene rings is 3. The summed E-state index contributed by atoms with van der Waals surface area (Å²) < 4.78 is 122. The Bertz CT molecular complexity index is 4340. The van der Waals surface area contributed by atoms with E-state index in [1.54, 1.807) is 25.1 Å². The van der Waals surface area contributed by atoms with Crippen LogP contribution in [0.5, 0.6) is 0 Å². The Labute approximate surface area is 560 Å². The van der Waals surface area contributed by atoms with E-state index in [0.29, 0.717) is 0 Å². The number of phosphoric ester groups is 2. The first-order valence-electron chi connectivity index (χ1n) is 31.4. The highest BCUT2D eigenvalue weighted by atomic mass is 32.2. The maximum atomic E-state index is 15.3. The summed E-state index contributed by atoms with van der Waals surface area (Å²) in [5.74, 6) is 0. The highest BCUT2D eigenvalue weighted by molar-refractivity contribution is 7.86. The summed E-state index contributed by atoms with van der Waals surface area (Å²) in [6.45, 7) is 18.0. The highest BCUT2D eigenvalue weighted by Gasteiger charge is 2.57. The summed E-state index contributed by atoms with van der Waals surface area (Å²) in [6.07, 6.45) is -10.3. The number of rotatable bonds is 27. The van der Waals surface area contributed by atoms with Gasteiger partial charge in [0.05, 0.1) is 30.8 Å². The van der Waals surface area contributed by atoms with Crippen LogP contribution in [0.2, 0.25) is 23.2 Å². The summed E-state index contributed by atoms with van der Waals surface area (Å²) in [5.41, 5.74) is -3.81. The van der Waals surface area contributed by atoms with Gasteiger partial charge in [-0.1, -0.05) is 132 Å². The molecule has 0 radical (unpaired) electrons. The summed E-state index contributed by atoms with van der Waals surface area (Å²) in [5, 5.41) is 11.1. The average Bonchev–Trinajstić information content (AvgIpc) is 1.64. The van der Waals surface area contributed by atoms with Crippen molar-refractivity contribution < 1.29 is 77.8 Å². The third kappa shape index (κ3) is 17.3. The van der Waals surface area contributed by atoms with E-state index in [4.69, 9.17) is 45.3 Å². The highest BCUT2D eigenvalue weighted by Crippen LogP contribution is 2.55. The van der Waals surface area contributed by atoms with Crippen LogP contribution in [0.4, 0.5) is 0 Å². The molecule has 6 aromatic rings. The van der Waals surface area contributed by atoms with E-state index < -0.39 is 173 Å². The van der Waals surface area contributed by atoms with Crippen molar-refractivity contribution in [2.45, 2.75) is 184 Å². The van der Waals surface area contributed by atoms with E-state index in [2.05, 4.69) is 15.0 Å². The largest absolute Gasteiger partial charge is 0.472 e. The normalized spacial score (nSPS) is 24.4. The van der Waals surface area contributed by atoms with Gasteiger partial charge < -0.3 is 38.0 Å². The molecule has 13 atom stereocenters. The molecule has 0 saturated carbocycles. The van der Waals surface area contributed by atoms with Crippen molar-refractivity contribution in [1.82, 2.24) is 28.7 Å². The van der Waals surface area contributed by atoms with Gasteiger partial charge in [0.1, 0.15) is 55.2 Å². The monoisotopic (exact) mass is 1440 g/mol. The van der Waals surface area contributed by atoms with Crippen LogP contribution in [0.3, 0.4) is 0 Å². The number of aliphatic hydroxyl groups is 1. The standard InChI is InChI=1S/C63H84N6O23P2SSi2/c1-39-26-28-42(29-27-39)95(81,82)84-32-20-14-19-25-45(53-47(34-52(87-53)69-36-41(3)57(73)66-61(69)76)91-97(63(7,8)9,43-21-15-12-16-22-43)44-23-17-13-18-24-44)88-94(79,80)89-46-33-51(68-35-40(2)56(72)65-60(68)75)85-49(46)38-83-93(77,78)90-54-48(37-70)86-58(67-31-30-50(71)64-59(67)74)55(54)92-96(10,11)62(4,5)6/h12-19,21-24,26-31,35-36,45-49,51-55,58,70H,20,25,32-34,37-38H2,1-11H3,(H,77,78)(H,79,80)(H,64,71,74)(H,65,72,75)(H,66,73,76)/b19-14+/t45-,46-,47-,48+,49+,51+,52+,53+,54+,55+,58+/m0/s1. The minimum Gasteiger partial charge on any atom is -0.407 e. The first-order valence-corrected chi connectivity index (χ1v) is 40.6. The van der Waals surface area contributed by atoms with Crippen molar-refractivity contribution in [3.63, 3.8) is 0 Å². The van der Waals surface area contributed by atoms with Crippen LogP contribution in [-0.4, -0.2) is 137 Å². The second kappa shape index (κ2) is 29.9. The Balaban J connectivity index is 1.07. The molecule has 528 valence electrons. The molecule has 0 amide bonds. The van der Waals surface area contributed by atoms with Crippen molar-refractivity contribution >= 4 is 52.8 Å². The van der Waals surface area contributed by atoms with Gasteiger partial charge in [-0.05, 0) is 79.3 Å². The van der Waals surface area contributed by atoms with E-state index in [9.17, 15) is 56.6 Å². The fourth-order valence-electron chi connectivity index (χ4n) is 11.7. The SMILES string of the molecule is Cc1ccc(S(=O)(=O)OCC/C=C/C[C@H](OP(=O)(O)O[C@H]2C[C@H](n3cc(C)c(=O)[nH]c3=O)O[C@@H]2COP(=O)(O)O[C@H]2[C@@H](O[Si](C)(C)C(C)(C)C)[C@H](n3ccc(=O)[nH]c3=O)O[C@@H]2CO)[C@H]2O[C@@H](n3cc(C)c(=O)[nH]c3=O)C[C@@H]2O[Si](c2ccccc2)(c2ccccc2)C(C)(C)C)cc1. The van der Waals surface area contributed by atoms with Crippen LogP contribution in [-0.2, 0) is 64.6 Å². The maximum Gasteiger partial charge on any atom is 0.472 e. The molecule has 34 heteroatoms. The smallest absolute Gasteiger partial charge is 0.407 e. The lowest BCUT2D eigenvalue weighted by atomic mass is 10.0. The molecule has 3 fully saturated rings. The van der Waals surface area contributed by atoms with Gasteiger partial charge >= 0.3 is 32.7 Å². The van der Waals surface area contributed by atoms with E-state index in [0.717, 1.165) is 37.3 Å². The van der Waals surface area contributed by atoms with E-state index >= 15 is 4.57 Å². The van der Waals surface area contributed by atoms with Gasteiger partial charge in [-0.15, -0.1) is 0 Å². The van der Waals surface area contributed by atoms with Crippen LogP contribution in [0.15, 0.2) is 155 Å². The van der Waals surface area contributed by atoms with Gasteiger partial charge in [0, 0.05) is 48.6 Å². The van der Waals surface area contributed by atoms with Crippen molar-refractivity contribution in [3.8, 4) is 0 Å². The molecule has 3 aliphatic rings. The van der Waals surface area contributed by atoms with Crippen molar-refractivity contribution in [2.24, 2.45) is 0 Å². The van der Waals surface area contributed by atoms with Gasteiger partial charge in [0.2, 0.25) is 0 Å². The minimum atomic E-state index is -5.61. The maximum absolute atomic E-state index is 15.3. The lowest BCUT2D eigenvalue weighted by Gasteiger charge is -2.45. The summed E-state index contributed by atoms with van der Waals surface area (Å²) >= 11 is 0. The zero-order valence-electron chi connectivity index (χ0n) is 55.5. The number of aromatic amines is 3. The summed E-state index contributed by atoms with van der Waals surface area (Å²) in [6, 6.07) is 26.2. The number of nitrogens with one attached hydrogen (secondary N) is 3. The van der Waals surface area contributed by atoms with Crippen molar-refractivity contribution in [2.75, 3.05) is 19.8 Å². The quantitative estimate of drug-likeness (QED) is 0.0122. The van der Waals surface area contributed by atoms with Crippen molar-refractivity contribution in [3.05, 3.63) is 201 Å². The Morgan fingerprint density at radius 2 is 1.22 bits per heavy atom. The van der Waals surface area contributed by atoms with Gasteiger partial charge in [-0.3, -0.25) is 65.3 Å². The van der Waals surface area contributed by atoms with Crippen LogP contribution in [0.25, 0.3) is 0 Å². The molecule has 0 bridgehead atoms. The molecule has 6 N–H and O–H groups in total. The fourth-order valence-corrected chi connectivity index (χ4v) is 20.7. The third-order valence-corrected chi connectivity index (χ3v) is 30.6. The lowest BCUT2D eigenvalue weighted by molar-refractivity contribution is -0.0843. The number of ether oxygens (including phenoxy) is 3. The van der Waals surface area contributed by atoms with E-state index in [1.165, 1.54) is 49.0 Å². The number of nitrogens with zero attached hydrogens (tertiary/aromatic N) is 3. The molecule has 97 heavy (non-hydrogen) atoms. The first kappa shape index (κ1) is 75.0. The second-order valence-corrected chi connectivity index (χ2v) is 40.1. The lowest BCUT2D eigenvalue weighted by Crippen LogP contribution is -2.68. The van der Waals surface area contributed by atoms with E-state index in [-0.39, 0.29) is 41.9 Å². The molecule has 2 unspecified atom stereocenters. The van der Waals surface area contributed by atoms with Crippen LogP contribution in [0.1, 0.15) is 103 Å². The molecular weight excluding hydrogens is 1360 g/mol. The summed E-state index contributed by atoms with van der Waals surface area (Å²) in [4.78, 5) is 109. The minimum absolute atomic E-state index is 0.00772. The molecule has 29 nitrogen and oxygen atoms in total. The Hall–Kier alpha value is -6.24. The molecule has 3 aromatic heterocycles. The summed E-state index contributed by atoms with van der Waals surface area (Å²) in [7, 11) is -21.8. The predicted octanol–water partition coefficient (Wildman–Crippen LogP) is 5.48. The molecule has 0 aliphatic carbocycles. The Kier molecular flexibility index (Phi) is 23.1.